The van der Waals surface area contributed by atoms with Gasteiger partial charge in [-0.2, -0.15) is 0 Å². The number of likely N-dealkylation sites (tertiary alicyclic amines) is 1. The summed E-state index contributed by atoms with van der Waals surface area (Å²) in [5.41, 5.74) is 0.802. The zero-order chi connectivity index (χ0) is 42.9. The molecule has 0 aromatic carbocycles. The van der Waals surface area contributed by atoms with Gasteiger partial charge in [0.25, 0.3) is 0 Å². The van der Waals surface area contributed by atoms with E-state index in [9.17, 15) is 19.5 Å². The lowest BCUT2D eigenvalue weighted by Crippen LogP contribution is -2.67. The molecule has 0 spiro atoms. The topological polar surface area (TPSA) is 101 Å². The van der Waals surface area contributed by atoms with Crippen LogP contribution in [-0.4, -0.2) is 59.2 Å². The van der Waals surface area contributed by atoms with Crippen LogP contribution in [0, 0.1) is 91.2 Å². The minimum atomic E-state index is -0.472. The van der Waals surface area contributed by atoms with E-state index in [1.165, 1.54) is 31.3 Å². The number of fused-ring (bicyclic) bond motifs is 7. The molecule has 1 heterocycles. The van der Waals surface area contributed by atoms with Crippen LogP contribution in [0.1, 0.15) is 172 Å². The van der Waals surface area contributed by atoms with E-state index in [0.29, 0.717) is 47.7 Å². The van der Waals surface area contributed by atoms with E-state index in [2.05, 4.69) is 80.7 Å². The highest BCUT2D eigenvalue weighted by Crippen LogP contribution is 2.78. The maximum Gasteiger partial charge on any atom is 0.310 e. The first-order valence-corrected chi connectivity index (χ1v) is 24.3. The predicted octanol–water partition coefficient (Wildman–Crippen LogP) is 10.4. The van der Waals surface area contributed by atoms with Crippen molar-refractivity contribution in [1.29, 1.82) is 0 Å². The Morgan fingerprint density at radius 1 is 0.729 bits per heavy atom. The average Bonchev–Trinajstić information content (AvgIpc) is 3.49. The monoisotopic (exact) mass is 816 g/mol. The number of carbonyl (C=O) groups excluding carboxylic acids is 4. The van der Waals surface area contributed by atoms with Crippen LogP contribution >= 0.6 is 0 Å². The van der Waals surface area contributed by atoms with E-state index in [0.717, 1.165) is 77.3 Å². The van der Waals surface area contributed by atoms with Crippen LogP contribution < -0.4 is 0 Å². The van der Waals surface area contributed by atoms with E-state index in [1.807, 2.05) is 0 Å². The third-order valence-electron chi connectivity index (χ3n) is 21.6. The SMILES string of the molecule is C=C(C)[C@@H]1CC[C@]2(C(=O)C[C@@H]3C[C@H](C(=O)N4CCCCC4)C3(C)C)CC[C@]3(C)[C@H](CC[C@@H]4[C@@]5(C)CC[C@H](OC(=O)[C@H]6[C@@H](CC(=O)CO)C6(C)C)C(C)(C)[C@@H]5CC[C@]43C)[C@@H]12. The van der Waals surface area contributed by atoms with Gasteiger partial charge in [0.2, 0.25) is 5.91 Å². The highest BCUT2D eigenvalue weighted by molar-refractivity contribution is 5.87. The number of allylic oxidation sites excluding steroid dienone is 1. The number of ether oxygens (including phenoxy) is 1. The second-order valence-electron chi connectivity index (χ2n) is 24.8. The number of aliphatic hydroxyl groups excluding tert-OH is 1. The minimum Gasteiger partial charge on any atom is -0.462 e. The Hall–Kier alpha value is -2.02. The highest BCUT2D eigenvalue weighted by Gasteiger charge is 2.72. The van der Waals surface area contributed by atoms with Gasteiger partial charge in [-0.25, -0.2) is 0 Å². The Kier molecular flexibility index (Phi) is 10.7. The number of aliphatic hydroxyl groups is 1. The fourth-order valence-corrected chi connectivity index (χ4v) is 17.5. The lowest BCUT2D eigenvalue weighted by molar-refractivity contribution is -0.249. The van der Waals surface area contributed by atoms with Crippen molar-refractivity contribution in [2.24, 2.45) is 91.2 Å². The van der Waals surface area contributed by atoms with Crippen molar-refractivity contribution in [3.05, 3.63) is 12.2 Å². The Bertz CT molecular complexity index is 1740. The molecule has 0 unspecified atom stereocenters. The van der Waals surface area contributed by atoms with Crippen molar-refractivity contribution in [1.82, 2.24) is 4.90 Å². The van der Waals surface area contributed by atoms with E-state index in [-0.39, 0.29) is 85.9 Å². The Morgan fingerprint density at radius 3 is 2.07 bits per heavy atom. The summed E-state index contributed by atoms with van der Waals surface area (Å²) in [5.74, 6) is 2.68. The molecule has 8 rings (SSSR count). The van der Waals surface area contributed by atoms with Gasteiger partial charge in [-0.3, -0.25) is 19.2 Å². The molecule has 330 valence electrons. The number of carbonyl (C=O) groups is 4. The summed E-state index contributed by atoms with van der Waals surface area (Å²) >= 11 is 0. The van der Waals surface area contributed by atoms with Gasteiger partial charge in [-0.1, -0.05) is 74.5 Å². The summed E-state index contributed by atoms with van der Waals surface area (Å²) in [7, 11) is 0. The smallest absolute Gasteiger partial charge is 0.310 e. The van der Waals surface area contributed by atoms with E-state index >= 15 is 4.79 Å². The van der Waals surface area contributed by atoms with E-state index < -0.39 is 6.61 Å². The number of rotatable bonds is 10. The molecule has 14 atom stereocenters. The van der Waals surface area contributed by atoms with Gasteiger partial charge in [0.05, 0.1) is 5.92 Å². The number of Topliss-reactive ketones (excluding diaryl/α,β-unsaturated/α-hetero) is 2. The summed E-state index contributed by atoms with van der Waals surface area (Å²) in [6, 6.07) is 0. The molecule has 7 aliphatic carbocycles. The Balaban J connectivity index is 0.994. The molecule has 7 nitrogen and oxygen atoms in total. The molecule has 1 saturated heterocycles. The quantitative estimate of drug-likeness (QED) is 0.174. The molecule has 0 bridgehead atoms. The third kappa shape index (κ3) is 6.29. The Labute approximate surface area is 357 Å². The number of amides is 1. The second-order valence-corrected chi connectivity index (χ2v) is 24.8. The van der Waals surface area contributed by atoms with Gasteiger partial charge < -0.3 is 14.7 Å². The van der Waals surface area contributed by atoms with Gasteiger partial charge in [0.15, 0.2) is 5.78 Å². The summed E-state index contributed by atoms with van der Waals surface area (Å²) in [4.78, 5) is 56.8. The van der Waals surface area contributed by atoms with Crippen LogP contribution in [-0.2, 0) is 23.9 Å². The molecule has 1 amide bonds. The second kappa shape index (κ2) is 14.5. The molecule has 0 radical (unpaired) electrons. The Morgan fingerprint density at radius 2 is 1.42 bits per heavy atom. The van der Waals surface area contributed by atoms with Crippen molar-refractivity contribution >= 4 is 23.4 Å². The molecule has 59 heavy (non-hydrogen) atoms. The zero-order valence-corrected chi connectivity index (χ0v) is 38.9. The number of esters is 1. The molecule has 0 aromatic rings. The number of ketones is 2. The summed E-state index contributed by atoms with van der Waals surface area (Å²) < 4.78 is 6.51. The molecular formula is C52H81NO6. The summed E-state index contributed by atoms with van der Waals surface area (Å²) in [6.07, 6.45) is 15.8. The zero-order valence-electron chi connectivity index (χ0n) is 38.9. The fourth-order valence-electron chi connectivity index (χ4n) is 17.5. The number of hydrogen-bond donors (Lipinski definition) is 1. The van der Waals surface area contributed by atoms with Crippen molar-refractivity contribution < 1.29 is 29.0 Å². The summed E-state index contributed by atoms with van der Waals surface area (Å²) in [6.45, 7) is 29.4. The molecular weight excluding hydrogens is 735 g/mol. The lowest BCUT2D eigenvalue weighted by Gasteiger charge is -2.73. The maximum atomic E-state index is 15.2. The van der Waals surface area contributed by atoms with Gasteiger partial charge in [-0.15, -0.1) is 0 Å². The maximum absolute atomic E-state index is 15.2. The van der Waals surface area contributed by atoms with Crippen molar-refractivity contribution in [2.75, 3.05) is 19.7 Å². The van der Waals surface area contributed by atoms with Crippen LogP contribution in [0.2, 0.25) is 0 Å². The predicted molar refractivity (Wildman–Crippen MR) is 232 cm³/mol. The van der Waals surface area contributed by atoms with Gasteiger partial charge >= 0.3 is 5.97 Å². The molecule has 1 N–H and O–H groups in total. The lowest BCUT2D eigenvalue weighted by atomic mass is 9.32. The van der Waals surface area contributed by atoms with Crippen molar-refractivity contribution in [2.45, 2.75) is 178 Å². The summed E-state index contributed by atoms with van der Waals surface area (Å²) in [5, 5.41) is 9.37. The molecule has 0 aromatic heterocycles. The van der Waals surface area contributed by atoms with Crippen molar-refractivity contribution in [3.63, 3.8) is 0 Å². The molecule has 8 aliphatic rings. The number of piperidine rings is 1. The third-order valence-corrected chi connectivity index (χ3v) is 21.6. The standard InChI is InChI=1S/C52H81NO6/c1-31(2)34-17-22-52(40(56)28-32-27-37(46(32,3)4)44(57)53-25-13-12-14-26-53)24-23-50(10)35(42(34)52)15-16-39-49(9)20-19-41(48(7,8)38(49)18-21-51(39,50)11)59-45(58)43-36(47(43,5)6)29-33(55)30-54/h32,34-39,41-43,54H,1,12-30H2,2-11H3/t32-,34-,35+,36+,37+,38-,39+,41-,42+,43+,49-,50+,51+,52+/m0/s1. The van der Waals surface area contributed by atoms with Crippen LogP contribution in [0.5, 0.6) is 0 Å². The first-order valence-electron chi connectivity index (χ1n) is 24.3. The van der Waals surface area contributed by atoms with Gasteiger partial charge in [0.1, 0.15) is 18.5 Å². The van der Waals surface area contributed by atoms with E-state index in [4.69, 9.17) is 4.74 Å². The fraction of sp³-hybridized carbons (Fsp3) is 0.885. The number of nitrogens with zero attached hydrogens (tertiary/aromatic N) is 1. The first kappa shape index (κ1) is 43.6. The normalized spacial score (nSPS) is 46.3. The van der Waals surface area contributed by atoms with E-state index in [1.54, 1.807) is 0 Å². The largest absolute Gasteiger partial charge is 0.462 e. The molecule has 7 heteroatoms. The molecule has 7 saturated carbocycles. The van der Waals surface area contributed by atoms with Gasteiger partial charge in [0, 0.05) is 42.7 Å². The van der Waals surface area contributed by atoms with Crippen molar-refractivity contribution in [3.8, 4) is 0 Å². The van der Waals surface area contributed by atoms with Crippen LogP contribution in [0.25, 0.3) is 0 Å². The average molecular weight is 816 g/mol. The van der Waals surface area contributed by atoms with Crippen LogP contribution in [0.15, 0.2) is 12.2 Å². The highest BCUT2D eigenvalue weighted by atomic mass is 16.5. The minimum absolute atomic E-state index is 0.0407. The van der Waals surface area contributed by atoms with Crippen LogP contribution in [0.3, 0.4) is 0 Å². The first-order chi connectivity index (χ1) is 27.5. The van der Waals surface area contributed by atoms with Gasteiger partial charge in [-0.05, 0) is 165 Å². The number of hydrogen-bond acceptors (Lipinski definition) is 6. The van der Waals surface area contributed by atoms with Crippen LogP contribution in [0.4, 0.5) is 0 Å². The molecule has 8 fully saturated rings. The molecule has 1 aliphatic heterocycles.